The number of aliphatic hydroxyl groups is 1. The second kappa shape index (κ2) is 8.99. The van der Waals surface area contributed by atoms with Crippen molar-refractivity contribution in [3.05, 3.63) is 48.4 Å². The number of fused-ring (bicyclic) bond motifs is 1. The molecule has 0 spiro atoms. The van der Waals surface area contributed by atoms with E-state index in [-0.39, 0.29) is 21.9 Å². The summed E-state index contributed by atoms with van der Waals surface area (Å²) in [6, 6.07) is 10.5. The zero-order chi connectivity index (χ0) is 18.5. The molecule has 0 bridgehead atoms. The summed E-state index contributed by atoms with van der Waals surface area (Å²) in [6.45, 7) is 0. The van der Waals surface area contributed by atoms with E-state index in [1.807, 2.05) is 12.3 Å². The van der Waals surface area contributed by atoms with Crippen molar-refractivity contribution in [3.8, 4) is 0 Å². The fraction of sp³-hybridized carbons (Fsp3) is 0.476. The molecule has 6 heteroatoms. The second-order valence-electron chi connectivity index (χ2n) is 7.61. The minimum atomic E-state index is -0.265. The molecule has 2 unspecified atom stereocenters. The van der Waals surface area contributed by atoms with Gasteiger partial charge in [0.2, 0.25) is 0 Å². The van der Waals surface area contributed by atoms with Crippen LogP contribution >= 0.6 is 0 Å². The summed E-state index contributed by atoms with van der Waals surface area (Å²) >= 11 is -0.265. The second-order valence-corrected chi connectivity index (χ2v) is 10.2. The van der Waals surface area contributed by atoms with Gasteiger partial charge in [0.05, 0.1) is 0 Å². The zero-order valence-corrected chi connectivity index (χ0v) is 17.6. The van der Waals surface area contributed by atoms with Crippen molar-refractivity contribution in [2.75, 3.05) is 0 Å². The Balaban J connectivity index is 1.22. The van der Waals surface area contributed by atoms with Crippen LogP contribution in [0.5, 0.6) is 0 Å². The Morgan fingerprint density at radius 3 is 2.74 bits per heavy atom. The van der Waals surface area contributed by atoms with Gasteiger partial charge < -0.3 is 0 Å². The molecule has 2 heterocycles. The van der Waals surface area contributed by atoms with E-state index < -0.39 is 0 Å². The summed E-state index contributed by atoms with van der Waals surface area (Å²) < 4.78 is 1.22. The average molecular weight is 426 g/mol. The van der Waals surface area contributed by atoms with E-state index in [2.05, 4.69) is 44.4 Å². The van der Waals surface area contributed by atoms with Gasteiger partial charge in [0.25, 0.3) is 0 Å². The van der Waals surface area contributed by atoms with Gasteiger partial charge in [0.15, 0.2) is 0 Å². The van der Waals surface area contributed by atoms with Crippen LogP contribution in [-0.4, -0.2) is 47.1 Å². The molecule has 1 aliphatic carbocycles. The van der Waals surface area contributed by atoms with Crippen LogP contribution in [0.1, 0.15) is 37.7 Å². The van der Waals surface area contributed by atoms with Gasteiger partial charge in [-0.3, -0.25) is 0 Å². The molecule has 27 heavy (non-hydrogen) atoms. The summed E-state index contributed by atoms with van der Waals surface area (Å²) in [5.41, 5.74) is 2.18. The van der Waals surface area contributed by atoms with Crippen LogP contribution in [0.2, 0.25) is 5.21 Å². The van der Waals surface area contributed by atoms with Gasteiger partial charge in [0.1, 0.15) is 0 Å². The standard InChI is InChI=1S/C21H27AsN4O/c27-19(11-8-15-4-2-1-3-5-15)17-9-6-16(7-10-17)12-22-20-18-13-25-26-21(18)24-14-23-20/h1-5,13-14,16-17,19,22,27H,6-12H2,(H,23,24,25,26). The maximum absolute atomic E-state index is 10.6. The monoisotopic (exact) mass is 426 g/mol. The van der Waals surface area contributed by atoms with E-state index in [1.165, 1.54) is 28.1 Å². The SMILES string of the molecule is OC(CCc1ccccc1)C1CCC(C[AsH]c2ncnc3[nH]ncc23)CC1. The number of hydrogen-bond donors (Lipinski definition) is 2. The third kappa shape index (κ3) is 4.77. The van der Waals surface area contributed by atoms with E-state index >= 15 is 0 Å². The van der Waals surface area contributed by atoms with Crippen molar-refractivity contribution in [1.29, 1.82) is 0 Å². The number of aromatic amines is 1. The first kappa shape index (κ1) is 18.6. The molecule has 4 rings (SSSR count). The predicted octanol–water partition coefficient (Wildman–Crippen LogP) is 2.63. The van der Waals surface area contributed by atoms with Gasteiger partial charge in [-0.25, -0.2) is 0 Å². The number of nitrogens with zero attached hydrogens (tertiary/aromatic N) is 3. The first-order valence-corrected chi connectivity index (χ1v) is 12.4. The Labute approximate surface area is 166 Å². The number of rotatable bonds is 7. The average Bonchev–Trinajstić information content (AvgIpc) is 3.21. The van der Waals surface area contributed by atoms with E-state index in [9.17, 15) is 5.11 Å². The summed E-state index contributed by atoms with van der Waals surface area (Å²) in [5.74, 6) is 1.27. The molecule has 0 saturated heterocycles. The summed E-state index contributed by atoms with van der Waals surface area (Å²) in [4.78, 5) is 8.73. The molecule has 1 fully saturated rings. The molecule has 0 aliphatic heterocycles. The van der Waals surface area contributed by atoms with Crippen molar-refractivity contribution < 1.29 is 5.11 Å². The van der Waals surface area contributed by atoms with E-state index in [0.29, 0.717) is 5.92 Å². The van der Waals surface area contributed by atoms with Gasteiger partial charge in [-0.15, -0.1) is 0 Å². The van der Waals surface area contributed by atoms with Gasteiger partial charge in [-0.05, 0) is 0 Å². The van der Waals surface area contributed by atoms with Gasteiger partial charge >= 0.3 is 167 Å². The van der Waals surface area contributed by atoms with E-state index in [4.69, 9.17) is 0 Å². The van der Waals surface area contributed by atoms with Gasteiger partial charge in [0, 0.05) is 0 Å². The fourth-order valence-corrected chi connectivity index (χ4v) is 7.08. The normalized spacial score (nSPS) is 21.8. The fourth-order valence-electron chi connectivity index (χ4n) is 4.12. The van der Waals surface area contributed by atoms with Crippen LogP contribution in [0.3, 0.4) is 0 Å². The van der Waals surface area contributed by atoms with Crippen molar-refractivity contribution in [3.63, 3.8) is 0 Å². The summed E-state index contributed by atoms with van der Waals surface area (Å²) in [5, 5.41) is 20.0. The molecule has 0 radical (unpaired) electrons. The Hall–Kier alpha value is -1.71. The number of aromatic nitrogens is 4. The molecular weight excluding hydrogens is 399 g/mol. The molecule has 1 aromatic carbocycles. The third-order valence-corrected chi connectivity index (χ3v) is 8.99. The molecule has 2 atom stereocenters. The molecule has 0 amide bonds. The topological polar surface area (TPSA) is 74.7 Å². The Kier molecular flexibility index (Phi) is 6.20. The molecule has 142 valence electrons. The molecule has 1 saturated carbocycles. The molecule has 2 N–H and O–H groups in total. The van der Waals surface area contributed by atoms with Gasteiger partial charge in [-0.2, -0.15) is 0 Å². The molecule has 2 aromatic heterocycles. The predicted molar refractivity (Wildman–Crippen MR) is 109 cm³/mol. The Bertz CT molecular complexity index is 846. The summed E-state index contributed by atoms with van der Waals surface area (Å²) in [7, 11) is 0. The van der Waals surface area contributed by atoms with E-state index in [0.717, 1.165) is 42.6 Å². The van der Waals surface area contributed by atoms with Gasteiger partial charge in [-0.1, -0.05) is 0 Å². The van der Waals surface area contributed by atoms with Crippen LogP contribution in [0, 0.1) is 11.8 Å². The first-order valence-electron chi connectivity index (χ1n) is 9.89. The minimum absolute atomic E-state index is 0.158. The Morgan fingerprint density at radius 2 is 1.93 bits per heavy atom. The molecule has 1 aliphatic rings. The van der Waals surface area contributed by atoms with Crippen molar-refractivity contribution in [2.45, 2.75) is 49.8 Å². The van der Waals surface area contributed by atoms with Crippen molar-refractivity contribution >= 4 is 31.3 Å². The number of hydrogen-bond acceptors (Lipinski definition) is 4. The molecule has 3 aromatic rings. The van der Waals surface area contributed by atoms with Crippen molar-refractivity contribution in [2.24, 2.45) is 11.8 Å². The third-order valence-electron chi connectivity index (χ3n) is 5.81. The first-order chi connectivity index (χ1) is 13.3. The van der Waals surface area contributed by atoms with Crippen LogP contribution in [0.4, 0.5) is 0 Å². The maximum atomic E-state index is 10.6. The number of aryl methyl sites for hydroxylation is 1. The number of benzene rings is 1. The van der Waals surface area contributed by atoms with Crippen LogP contribution in [0.25, 0.3) is 11.0 Å². The number of nitrogens with one attached hydrogen (secondary N) is 1. The van der Waals surface area contributed by atoms with Crippen molar-refractivity contribution in [1.82, 2.24) is 20.2 Å². The van der Waals surface area contributed by atoms with Crippen LogP contribution in [-0.2, 0) is 6.42 Å². The molecule has 5 nitrogen and oxygen atoms in total. The Morgan fingerprint density at radius 1 is 1.11 bits per heavy atom. The van der Waals surface area contributed by atoms with Crippen LogP contribution in [0.15, 0.2) is 42.9 Å². The zero-order valence-electron chi connectivity index (χ0n) is 15.5. The quantitative estimate of drug-likeness (QED) is 0.570. The summed E-state index contributed by atoms with van der Waals surface area (Å²) in [6.07, 6.45) is 10.0. The van der Waals surface area contributed by atoms with Crippen LogP contribution < -0.4 is 4.48 Å². The number of H-pyrrole nitrogens is 1. The number of aliphatic hydroxyl groups excluding tert-OH is 1. The molecular formula is C21H27AsN4O. The van der Waals surface area contributed by atoms with E-state index in [1.54, 1.807) is 6.33 Å².